The van der Waals surface area contributed by atoms with Crippen LogP contribution in [0.4, 0.5) is 8.78 Å². The number of nitrogens with two attached hydrogens (primary N) is 1. The molecule has 0 aromatic heterocycles. The van der Waals surface area contributed by atoms with Gasteiger partial charge in [0.1, 0.15) is 17.4 Å². The van der Waals surface area contributed by atoms with E-state index in [9.17, 15) is 22.0 Å². The number of primary amides is 1. The molecule has 1 aliphatic heterocycles. The van der Waals surface area contributed by atoms with Crippen molar-refractivity contribution in [3.05, 3.63) is 58.6 Å². The molecule has 3 rings (SSSR count). The summed E-state index contributed by atoms with van der Waals surface area (Å²) < 4.78 is 60.7. The molecule has 1 aliphatic rings. The minimum absolute atomic E-state index is 0.00151. The number of ether oxygens (including phenoxy) is 1. The van der Waals surface area contributed by atoms with Gasteiger partial charge in [0, 0.05) is 29.9 Å². The summed E-state index contributed by atoms with van der Waals surface area (Å²) in [6, 6.07) is 8.08. The standard InChI is InChI=1S/C21H23ClF2N2O4S/c1-14-11-15(5-6-16(14)22)30-13-21(12-19(25)27)7-9-26(10-8-21)31(28,29)20-17(23)3-2-4-18(20)24/h2-6,11H,7-10,12-13H2,1H3,(H2,25,27). The molecule has 0 saturated carbocycles. The minimum Gasteiger partial charge on any atom is -0.493 e. The summed E-state index contributed by atoms with van der Waals surface area (Å²) >= 11 is 6.02. The van der Waals surface area contributed by atoms with E-state index in [1.165, 1.54) is 0 Å². The molecule has 168 valence electrons. The van der Waals surface area contributed by atoms with Crippen LogP contribution >= 0.6 is 11.6 Å². The average Bonchev–Trinajstić information content (AvgIpc) is 2.68. The molecule has 2 N–H and O–H groups in total. The second-order valence-corrected chi connectivity index (χ2v) is 10.1. The summed E-state index contributed by atoms with van der Waals surface area (Å²) in [7, 11) is -4.37. The molecule has 1 saturated heterocycles. The van der Waals surface area contributed by atoms with E-state index in [4.69, 9.17) is 22.1 Å². The Balaban J connectivity index is 1.77. The van der Waals surface area contributed by atoms with Gasteiger partial charge in [0.2, 0.25) is 15.9 Å². The first-order valence-corrected chi connectivity index (χ1v) is 11.5. The van der Waals surface area contributed by atoms with Gasteiger partial charge in [-0.2, -0.15) is 4.31 Å². The molecular weight excluding hydrogens is 450 g/mol. The second-order valence-electron chi connectivity index (χ2n) is 7.80. The highest BCUT2D eigenvalue weighted by Gasteiger charge is 2.41. The van der Waals surface area contributed by atoms with E-state index < -0.39 is 37.9 Å². The number of carbonyl (C=O) groups is 1. The highest BCUT2D eigenvalue weighted by molar-refractivity contribution is 7.89. The van der Waals surface area contributed by atoms with Gasteiger partial charge in [0.05, 0.1) is 6.61 Å². The van der Waals surface area contributed by atoms with E-state index >= 15 is 0 Å². The highest BCUT2D eigenvalue weighted by Crippen LogP contribution is 2.38. The van der Waals surface area contributed by atoms with Gasteiger partial charge in [-0.15, -0.1) is 0 Å². The Morgan fingerprint density at radius 2 is 1.81 bits per heavy atom. The van der Waals surface area contributed by atoms with Crippen molar-refractivity contribution < 1.29 is 26.7 Å². The van der Waals surface area contributed by atoms with Gasteiger partial charge in [-0.25, -0.2) is 17.2 Å². The number of carbonyl (C=O) groups excluding carboxylic acids is 1. The van der Waals surface area contributed by atoms with E-state index in [2.05, 4.69) is 0 Å². The van der Waals surface area contributed by atoms with E-state index in [1.807, 2.05) is 6.92 Å². The average molecular weight is 473 g/mol. The van der Waals surface area contributed by atoms with Crippen molar-refractivity contribution >= 4 is 27.5 Å². The lowest BCUT2D eigenvalue weighted by atomic mass is 9.76. The first-order chi connectivity index (χ1) is 14.5. The maximum atomic E-state index is 14.1. The van der Waals surface area contributed by atoms with Gasteiger partial charge >= 0.3 is 0 Å². The van der Waals surface area contributed by atoms with Crippen LogP contribution in [0.1, 0.15) is 24.8 Å². The fourth-order valence-electron chi connectivity index (χ4n) is 3.74. The molecule has 0 unspecified atom stereocenters. The zero-order chi connectivity index (χ0) is 22.8. The normalized spacial score (nSPS) is 16.8. The lowest BCUT2D eigenvalue weighted by Crippen LogP contribution is -2.47. The smallest absolute Gasteiger partial charge is 0.248 e. The van der Waals surface area contributed by atoms with E-state index in [-0.39, 0.29) is 39.0 Å². The number of rotatable bonds is 7. The van der Waals surface area contributed by atoms with E-state index in [1.54, 1.807) is 18.2 Å². The summed E-state index contributed by atoms with van der Waals surface area (Å²) in [6.07, 6.45) is 0.497. The summed E-state index contributed by atoms with van der Waals surface area (Å²) in [6.45, 7) is 1.93. The van der Waals surface area contributed by atoms with Gasteiger partial charge in [0.15, 0.2) is 4.90 Å². The summed E-state index contributed by atoms with van der Waals surface area (Å²) in [5.74, 6) is -2.26. The molecule has 2 aromatic carbocycles. The van der Waals surface area contributed by atoms with Gasteiger partial charge < -0.3 is 10.5 Å². The Morgan fingerprint density at radius 3 is 2.35 bits per heavy atom. The van der Waals surface area contributed by atoms with Crippen LogP contribution in [0.5, 0.6) is 5.75 Å². The Bertz CT molecular complexity index is 1070. The molecule has 2 aromatic rings. The number of aryl methyl sites for hydroxylation is 1. The van der Waals surface area contributed by atoms with Crippen molar-refractivity contribution in [1.29, 1.82) is 0 Å². The Kier molecular flexibility index (Phi) is 6.88. The van der Waals surface area contributed by atoms with Crippen LogP contribution in [0.3, 0.4) is 0 Å². The van der Waals surface area contributed by atoms with Crippen LogP contribution < -0.4 is 10.5 Å². The van der Waals surface area contributed by atoms with Crippen LogP contribution in [-0.4, -0.2) is 38.3 Å². The van der Waals surface area contributed by atoms with Crippen molar-refractivity contribution in [2.75, 3.05) is 19.7 Å². The first-order valence-electron chi connectivity index (χ1n) is 9.65. The van der Waals surface area contributed by atoms with E-state index in [0.717, 1.165) is 28.1 Å². The molecular formula is C21H23ClF2N2O4S. The number of sulfonamides is 1. The largest absolute Gasteiger partial charge is 0.493 e. The minimum atomic E-state index is -4.37. The van der Waals surface area contributed by atoms with Crippen LogP contribution in [0.25, 0.3) is 0 Å². The van der Waals surface area contributed by atoms with Crippen LogP contribution in [-0.2, 0) is 14.8 Å². The third-order valence-electron chi connectivity index (χ3n) is 5.52. The third kappa shape index (κ3) is 5.16. The summed E-state index contributed by atoms with van der Waals surface area (Å²) in [5, 5.41) is 0.595. The Labute approximate surface area is 185 Å². The lowest BCUT2D eigenvalue weighted by molar-refractivity contribution is -0.121. The number of hydrogen-bond acceptors (Lipinski definition) is 4. The Hall–Kier alpha value is -2.23. The van der Waals surface area contributed by atoms with Crippen LogP contribution in [0.15, 0.2) is 41.3 Å². The molecule has 1 heterocycles. The number of hydrogen-bond donors (Lipinski definition) is 1. The number of piperidine rings is 1. The third-order valence-corrected chi connectivity index (χ3v) is 7.90. The first kappa shape index (κ1) is 23.4. The van der Waals surface area contributed by atoms with Crippen molar-refractivity contribution in [1.82, 2.24) is 4.31 Å². The van der Waals surface area contributed by atoms with Crippen molar-refractivity contribution in [2.45, 2.75) is 31.1 Å². The fraction of sp³-hybridized carbons (Fsp3) is 0.381. The molecule has 0 bridgehead atoms. The molecule has 6 nitrogen and oxygen atoms in total. The van der Waals surface area contributed by atoms with Gasteiger partial charge in [-0.1, -0.05) is 17.7 Å². The number of nitrogens with zero attached hydrogens (tertiary/aromatic N) is 1. The lowest BCUT2D eigenvalue weighted by Gasteiger charge is -2.40. The van der Waals surface area contributed by atoms with E-state index in [0.29, 0.717) is 10.8 Å². The topological polar surface area (TPSA) is 89.7 Å². The quantitative estimate of drug-likeness (QED) is 0.666. The molecule has 0 radical (unpaired) electrons. The highest BCUT2D eigenvalue weighted by atomic mass is 35.5. The number of amides is 1. The maximum Gasteiger partial charge on any atom is 0.248 e. The molecule has 10 heteroatoms. The second kappa shape index (κ2) is 9.10. The molecule has 0 spiro atoms. The summed E-state index contributed by atoms with van der Waals surface area (Å²) in [5.41, 5.74) is 5.56. The van der Waals surface area contributed by atoms with Gasteiger partial charge in [0.25, 0.3) is 0 Å². The Morgan fingerprint density at radius 1 is 1.19 bits per heavy atom. The molecule has 31 heavy (non-hydrogen) atoms. The van der Waals surface area contributed by atoms with Crippen LogP contribution in [0, 0.1) is 24.0 Å². The number of benzene rings is 2. The number of halogens is 3. The molecule has 1 fully saturated rings. The van der Waals surface area contributed by atoms with Gasteiger partial charge in [-0.3, -0.25) is 4.79 Å². The summed E-state index contributed by atoms with van der Waals surface area (Å²) in [4.78, 5) is 10.7. The van der Waals surface area contributed by atoms with Crippen LogP contribution in [0.2, 0.25) is 5.02 Å². The molecule has 1 amide bonds. The predicted octanol–water partition coefficient (Wildman–Crippen LogP) is 3.65. The molecule has 0 aliphatic carbocycles. The monoisotopic (exact) mass is 472 g/mol. The van der Waals surface area contributed by atoms with Crippen molar-refractivity contribution in [3.8, 4) is 5.75 Å². The molecule has 0 atom stereocenters. The predicted molar refractivity (Wildman–Crippen MR) is 112 cm³/mol. The van der Waals surface area contributed by atoms with Crippen molar-refractivity contribution in [3.63, 3.8) is 0 Å². The van der Waals surface area contributed by atoms with Crippen molar-refractivity contribution in [2.24, 2.45) is 11.1 Å². The zero-order valence-corrected chi connectivity index (χ0v) is 18.5. The zero-order valence-electron chi connectivity index (χ0n) is 16.9. The SMILES string of the molecule is Cc1cc(OCC2(CC(N)=O)CCN(S(=O)(=O)c3c(F)cccc3F)CC2)ccc1Cl. The van der Waals surface area contributed by atoms with Gasteiger partial charge in [-0.05, 0) is 55.7 Å². The fourth-order valence-corrected chi connectivity index (χ4v) is 5.41. The maximum absolute atomic E-state index is 14.1.